The molecule has 148 valence electrons. The highest BCUT2D eigenvalue weighted by molar-refractivity contribution is 7.90. The number of carbonyl (C=O) groups is 1. The van der Waals surface area contributed by atoms with E-state index in [1.807, 2.05) is 13.0 Å². The van der Waals surface area contributed by atoms with Crippen molar-refractivity contribution in [2.24, 2.45) is 11.1 Å². The van der Waals surface area contributed by atoms with Crippen molar-refractivity contribution in [2.75, 3.05) is 31.0 Å². The summed E-state index contributed by atoms with van der Waals surface area (Å²) in [6, 6.07) is 6.49. The molecule has 27 heavy (non-hydrogen) atoms. The molecule has 0 spiro atoms. The van der Waals surface area contributed by atoms with Gasteiger partial charge in [0.05, 0.1) is 12.3 Å². The van der Waals surface area contributed by atoms with E-state index in [9.17, 15) is 18.5 Å². The average Bonchev–Trinajstić information content (AvgIpc) is 2.63. The van der Waals surface area contributed by atoms with Crippen LogP contribution < -0.4 is 19.9 Å². The Labute approximate surface area is 159 Å². The van der Waals surface area contributed by atoms with Gasteiger partial charge < -0.3 is 15.0 Å². The topological polar surface area (TPSA) is 138 Å². The third kappa shape index (κ3) is 6.30. The van der Waals surface area contributed by atoms with Gasteiger partial charge in [-0.2, -0.15) is 13.7 Å². The number of nitriles is 1. The molecule has 2 rings (SSSR count). The van der Waals surface area contributed by atoms with Crippen LogP contribution in [0, 0.1) is 17.2 Å². The minimum Gasteiger partial charge on any atom is -0.492 e. The lowest BCUT2D eigenvalue weighted by Gasteiger charge is -2.32. The second-order valence-electron chi connectivity index (χ2n) is 6.43. The van der Waals surface area contributed by atoms with E-state index in [1.54, 1.807) is 17.0 Å². The Kier molecular flexibility index (Phi) is 7.27. The molecule has 1 aliphatic rings. The second-order valence-corrected chi connectivity index (χ2v) is 7.73. The van der Waals surface area contributed by atoms with E-state index < -0.39 is 10.2 Å². The first-order valence-electron chi connectivity index (χ1n) is 8.83. The van der Waals surface area contributed by atoms with Crippen LogP contribution in [0.1, 0.15) is 31.7 Å². The van der Waals surface area contributed by atoms with Crippen LogP contribution in [0.2, 0.25) is 0 Å². The first-order valence-corrected chi connectivity index (χ1v) is 10.4. The monoisotopic (exact) mass is 395 g/mol. The van der Waals surface area contributed by atoms with E-state index in [0.29, 0.717) is 26.2 Å². The van der Waals surface area contributed by atoms with Crippen molar-refractivity contribution in [1.29, 1.82) is 5.26 Å². The number of hydrogen-bond acceptors (Lipinski definition) is 5. The van der Waals surface area contributed by atoms with Crippen LogP contribution in [0.25, 0.3) is 0 Å². The van der Waals surface area contributed by atoms with Gasteiger partial charge in [0.2, 0.25) is 0 Å². The molecule has 1 fully saturated rings. The van der Waals surface area contributed by atoms with Crippen LogP contribution in [0.5, 0.6) is 5.75 Å². The van der Waals surface area contributed by atoms with Gasteiger partial charge in [0, 0.05) is 25.6 Å². The van der Waals surface area contributed by atoms with Gasteiger partial charge in [0.1, 0.15) is 17.4 Å². The van der Waals surface area contributed by atoms with E-state index in [2.05, 4.69) is 10.0 Å². The molecule has 1 unspecified atom stereocenters. The summed E-state index contributed by atoms with van der Waals surface area (Å²) in [6.45, 7) is 4.26. The van der Waals surface area contributed by atoms with E-state index in [4.69, 9.17) is 9.88 Å². The van der Waals surface area contributed by atoms with Gasteiger partial charge in [0.25, 0.3) is 10.2 Å². The molecule has 1 saturated heterocycles. The molecule has 10 heteroatoms. The fourth-order valence-electron chi connectivity index (χ4n) is 2.94. The van der Waals surface area contributed by atoms with Crippen molar-refractivity contribution in [1.82, 2.24) is 10.2 Å². The van der Waals surface area contributed by atoms with Crippen molar-refractivity contribution >= 4 is 21.9 Å². The van der Waals surface area contributed by atoms with Gasteiger partial charge in [-0.3, -0.25) is 4.72 Å². The number of piperidine rings is 1. The number of nitrogens with zero attached hydrogens (tertiary/aromatic N) is 2. The van der Waals surface area contributed by atoms with E-state index in [-0.39, 0.29) is 28.9 Å². The third-order valence-electron chi connectivity index (χ3n) is 4.20. The van der Waals surface area contributed by atoms with Crippen molar-refractivity contribution in [3.8, 4) is 11.8 Å². The SMILES string of the molecule is CCCNC(=O)N1CCCC(COc2cccc(NS(N)(=O)=O)c2C#N)C1. The summed E-state index contributed by atoms with van der Waals surface area (Å²) in [5, 5.41) is 17.2. The first kappa shape index (κ1) is 20.8. The minimum atomic E-state index is -3.99. The van der Waals surface area contributed by atoms with Crippen LogP contribution in [0.3, 0.4) is 0 Å². The van der Waals surface area contributed by atoms with Crippen molar-refractivity contribution < 1.29 is 17.9 Å². The Morgan fingerprint density at radius 2 is 2.26 bits per heavy atom. The summed E-state index contributed by atoms with van der Waals surface area (Å²) in [7, 11) is -3.99. The van der Waals surface area contributed by atoms with Crippen LogP contribution in [0.4, 0.5) is 10.5 Å². The summed E-state index contributed by atoms with van der Waals surface area (Å²) in [5.41, 5.74) is 0.140. The number of urea groups is 1. The molecule has 0 saturated carbocycles. The molecular weight excluding hydrogens is 370 g/mol. The van der Waals surface area contributed by atoms with Crippen LogP contribution >= 0.6 is 0 Å². The molecule has 0 aliphatic carbocycles. The number of ether oxygens (including phenoxy) is 1. The Bertz CT molecular complexity index is 806. The average molecular weight is 395 g/mol. The summed E-state index contributed by atoms with van der Waals surface area (Å²) in [4.78, 5) is 13.9. The summed E-state index contributed by atoms with van der Waals surface area (Å²) in [6.07, 6.45) is 2.67. The van der Waals surface area contributed by atoms with Gasteiger partial charge >= 0.3 is 6.03 Å². The Morgan fingerprint density at radius 1 is 1.48 bits per heavy atom. The number of likely N-dealkylation sites (tertiary alicyclic amines) is 1. The smallest absolute Gasteiger partial charge is 0.317 e. The molecule has 9 nitrogen and oxygen atoms in total. The number of anilines is 1. The van der Waals surface area contributed by atoms with Gasteiger partial charge in [-0.05, 0) is 31.4 Å². The van der Waals surface area contributed by atoms with Crippen molar-refractivity contribution in [3.05, 3.63) is 23.8 Å². The number of nitrogens with two attached hydrogens (primary N) is 1. The molecule has 1 aromatic rings. The number of rotatable bonds is 7. The molecule has 4 N–H and O–H groups in total. The number of nitrogens with one attached hydrogen (secondary N) is 2. The maximum absolute atomic E-state index is 12.1. The quantitative estimate of drug-likeness (QED) is 0.640. The molecule has 1 atom stereocenters. The molecule has 1 heterocycles. The Morgan fingerprint density at radius 3 is 2.93 bits per heavy atom. The maximum atomic E-state index is 12.1. The minimum absolute atomic E-state index is 0.0693. The Hall–Kier alpha value is -2.51. The van der Waals surface area contributed by atoms with Crippen LogP contribution in [0.15, 0.2) is 18.2 Å². The molecule has 0 radical (unpaired) electrons. The highest BCUT2D eigenvalue weighted by Gasteiger charge is 2.24. The largest absolute Gasteiger partial charge is 0.492 e. The van der Waals surface area contributed by atoms with E-state index >= 15 is 0 Å². The zero-order chi connectivity index (χ0) is 19.9. The lowest BCUT2D eigenvalue weighted by molar-refractivity contribution is 0.137. The van der Waals surface area contributed by atoms with Gasteiger partial charge in [-0.1, -0.05) is 13.0 Å². The molecule has 1 aliphatic heterocycles. The normalized spacial score (nSPS) is 17.1. The number of carbonyl (C=O) groups excluding carboxylic acids is 1. The summed E-state index contributed by atoms with van der Waals surface area (Å²) < 4.78 is 30.3. The zero-order valence-corrected chi connectivity index (χ0v) is 16.1. The first-order chi connectivity index (χ1) is 12.8. The molecular formula is C17H25N5O4S. The number of benzene rings is 1. The molecule has 1 aromatic carbocycles. The fourth-order valence-corrected chi connectivity index (χ4v) is 3.42. The van der Waals surface area contributed by atoms with E-state index in [1.165, 1.54) is 6.07 Å². The molecule has 2 amide bonds. The van der Waals surface area contributed by atoms with Crippen molar-refractivity contribution in [2.45, 2.75) is 26.2 Å². The number of hydrogen-bond donors (Lipinski definition) is 3. The van der Waals surface area contributed by atoms with Crippen LogP contribution in [-0.4, -0.2) is 45.6 Å². The summed E-state index contributed by atoms with van der Waals surface area (Å²) >= 11 is 0. The van der Waals surface area contributed by atoms with Gasteiger partial charge in [-0.15, -0.1) is 0 Å². The fraction of sp³-hybridized carbons (Fsp3) is 0.529. The zero-order valence-electron chi connectivity index (χ0n) is 15.3. The number of amides is 2. The maximum Gasteiger partial charge on any atom is 0.317 e. The molecule has 0 aromatic heterocycles. The predicted molar refractivity (Wildman–Crippen MR) is 101 cm³/mol. The van der Waals surface area contributed by atoms with Gasteiger partial charge in [0.15, 0.2) is 0 Å². The lowest BCUT2D eigenvalue weighted by Crippen LogP contribution is -2.46. The third-order valence-corrected chi connectivity index (χ3v) is 4.70. The Balaban J connectivity index is 2.01. The predicted octanol–water partition coefficient (Wildman–Crippen LogP) is 1.38. The van der Waals surface area contributed by atoms with E-state index in [0.717, 1.165) is 19.3 Å². The second kappa shape index (κ2) is 9.43. The van der Waals surface area contributed by atoms with Crippen molar-refractivity contribution in [3.63, 3.8) is 0 Å². The lowest BCUT2D eigenvalue weighted by atomic mass is 9.99. The summed E-state index contributed by atoms with van der Waals surface area (Å²) in [5.74, 6) is 0.409. The standard InChI is InChI=1S/C17H25N5O4S/c1-2-8-20-17(23)22-9-4-5-13(11-22)12-26-16-7-3-6-15(14(16)10-18)21-27(19,24)25/h3,6-7,13,21H,2,4-5,8-9,11-12H2,1H3,(H,20,23)(H2,19,24,25). The van der Waals surface area contributed by atoms with Gasteiger partial charge in [-0.25, -0.2) is 9.93 Å². The molecule has 0 bridgehead atoms. The van der Waals surface area contributed by atoms with Crippen LogP contribution in [-0.2, 0) is 10.2 Å². The highest BCUT2D eigenvalue weighted by atomic mass is 32.2. The highest BCUT2D eigenvalue weighted by Crippen LogP contribution is 2.27.